The maximum atomic E-state index is 6.36. The average molecular weight is 428 g/mol. The molecule has 0 saturated heterocycles. The molecule has 0 aliphatic rings. The van der Waals surface area contributed by atoms with Crippen LogP contribution in [0.15, 0.2) is 126 Å². The Balaban J connectivity index is 1.67. The van der Waals surface area contributed by atoms with Crippen molar-refractivity contribution in [2.75, 3.05) is 5.32 Å². The number of nitrogens with zero attached hydrogens (tertiary/aromatic N) is 2. The first-order valence-corrected chi connectivity index (χ1v) is 10.9. The summed E-state index contributed by atoms with van der Waals surface area (Å²) in [7, 11) is 0. The second-order valence-electron chi connectivity index (χ2n) is 7.81. The third-order valence-electron chi connectivity index (χ3n) is 5.69. The number of benzene rings is 4. The van der Waals surface area contributed by atoms with Gasteiger partial charge in [0.25, 0.3) is 0 Å². The lowest BCUT2D eigenvalue weighted by Crippen LogP contribution is -1.94. The van der Waals surface area contributed by atoms with Gasteiger partial charge in [-0.2, -0.15) is 4.52 Å². The first kappa shape index (κ1) is 19.1. The molecule has 1 N–H and O–H groups in total. The zero-order valence-corrected chi connectivity index (χ0v) is 17.8. The molecule has 0 radical (unpaired) electrons. The molecule has 0 amide bonds. The van der Waals surface area contributed by atoms with Gasteiger partial charge in [0.2, 0.25) is 5.71 Å². The Bertz CT molecular complexity index is 1430. The van der Waals surface area contributed by atoms with E-state index in [0.29, 0.717) is 11.7 Å². The highest BCUT2D eigenvalue weighted by atomic mass is 16.4. The Kier molecular flexibility index (Phi) is 4.74. The topological polar surface area (TPSA) is 42.5 Å². The van der Waals surface area contributed by atoms with E-state index in [1.165, 1.54) is 0 Å². The molecule has 0 bridgehead atoms. The van der Waals surface area contributed by atoms with Crippen LogP contribution in [-0.2, 0) is 0 Å². The summed E-state index contributed by atoms with van der Waals surface area (Å²) in [6, 6.07) is 41.5. The summed E-state index contributed by atoms with van der Waals surface area (Å²) < 4.78 is 8.28. The fourth-order valence-electron chi connectivity index (χ4n) is 4.25. The van der Waals surface area contributed by atoms with Crippen molar-refractivity contribution >= 4 is 17.4 Å². The molecule has 4 aromatic carbocycles. The monoisotopic (exact) mass is 427 g/mol. The summed E-state index contributed by atoms with van der Waals surface area (Å²) in [6.07, 6.45) is 0. The van der Waals surface area contributed by atoms with Gasteiger partial charge in [-0.05, 0) is 23.3 Å². The summed E-state index contributed by atoms with van der Waals surface area (Å²) in [5.41, 5.74) is 8.03. The molecule has 33 heavy (non-hydrogen) atoms. The predicted molar refractivity (Wildman–Crippen MR) is 133 cm³/mol. The Hall–Kier alpha value is -4.57. The standard InChI is InChI=1S/C29H21N3O/c1-5-13-21(14-6-1)25-26(22-15-7-2-8-16-22)28-32(27(25)23-17-9-3-10-18-23)31-29(33-28)30-24-19-11-4-12-20-24/h1-20H,(H,30,31). The van der Waals surface area contributed by atoms with Crippen LogP contribution < -0.4 is 5.32 Å². The molecule has 6 aromatic rings. The van der Waals surface area contributed by atoms with Crippen LogP contribution in [0.2, 0.25) is 0 Å². The van der Waals surface area contributed by atoms with Crippen LogP contribution in [0.1, 0.15) is 0 Å². The summed E-state index contributed by atoms with van der Waals surface area (Å²) in [6.45, 7) is 0. The molecule has 158 valence electrons. The molecule has 2 heterocycles. The van der Waals surface area contributed by atoms with E-state index in [-0.39, 0.29) is 0 Å². The molecule has 0 saturated carbocycles. The number of para-hydroxylation sites is 1. The van der Waals surface area contributed by atoms with Gasteiger partial charge >= 0.3 is 6.01 Å². The van der Waals surface area contributed by atoms with Crippen LogP contribution in [-0.4, -0.2) is 9.61 Å². The van der Waals surface area contributed by atoms with E-state index in [9.17, 15) is 0 Å². The minimum atomic E-state index is 0.449. The summed E-state index contributed by atoms with van der Waals surface area (Å²) in [4.78, 5) is 0. The van der Waals surface area contributed by atoms with Gasteiger partial charge in [-0.1, -0.05) is 109 Å². The van der Waals surface area contributed by atoms with Crippen LogP contribution in [0.25, 0.3) is 39.2 Å². The van der Waals surface area contributed by atoms with Crippen molar-refractivity contribution in [2.45, 2.75) is 0 Å². The quantitative estimate of drug-likeness (QED) is 0.307. The lowest BCUT2D eigenvalue weighted by Gasteiger charge is -2.09. The van der Waals surface area contributed by atoms with Gasteiger partial charge in [0.1, 0.15) is 0 Å². The van der Waals surface area contributed by atoms with Crippen molar-refractivity contribution in [3.8, 4) is 33.5 Å². The number of anilines is 2. The van der Waals surface area contributed by atoms with Gasteiger partial charge in [-0.3, -0.25) is 0 Å². The average Bonchev–Trinajstić information content (AvgIpc) is 3.42. The van der Waals surface area contributed by atoms with E-state index < -0.39 is 0 Å². The van der Waals surface area contributed by atoms with E-state index in [0.717, 1.165) is 39.2 Å². The number of rotatable bonds is 5. The minimum absolute atomic E-state index is 0.449. The predicted octanol–water partition coefficient (Wildman–Crippen LogP) is 7.67. The molecule has 0 fully saturated rings. The van der Waals surface area contributed by atoms with Gasteiger partial charge in [0.15, 0.2) is 0 Å². The third kappa shape index (κ3) is 3.48. The number of hydrogen-bond acceptors (Lipinski definition) is 3. The summed E-state index contributed by atoms with van der Waals surface area (Å²) >= 11 is 0. The van der Waals surface area contributed by atoms with E-state index in [1.807, 2.05) is 53.0 Å². The Morgan fingerprint density at radius 3 is 1.61 bits per heavy atom. The normalized spacial score (nSPS) is 11.0. The Labute approximate surface area is 191 Å². The van der Waals surface area contributed by atoms with Gasteiger partial charge in [0.05, 0.1) is 11.3 Å². The van der Waals surface area contributed by atoms with Crippen molar-refractivity contribution in [1.29, 1.82) is 0 Å². The third-order valence-corrected chi connectivity index (χ3v) is 5.69. The van der Waals surface area contributed by atoms with E-state index in [4.69, 9.17) is 9.52 Å². The zero-order valence-electron chi connectivity index (χ0n) is 17.8. The van der Waals surface area contributed by atoms with Gasteiger partial charge in [-0.25, -0.2) is 0 Å². The SMILES string of the molecule is c1ccc(Nc2nn3c(-c4ccccc4)c(-c4ccccc4)c(-c4ccccc4)c3o2)cc1. The molecule has 2 aromatic heterocycles. The van der Waals surface area contributed by atoms with Crippen molar-refractivity contribution in [2.24, 2.45) is 0 Å². The first-order valence-electron chi connectivity index (χ1n) is 10.9. The van der Waals surface area contributed by atoms with Crippen molar-refractivity contribution < 1.29 is 4.42 Å². The van der Waals surface area contributed by atoms with Crippen LogP contribution in [0, 0.1) is 0 Å². The van der Waals surface area contributed by atoms with E-state index in [1.54, 1.807) is 0 Å². The molecule has 0 aliphatic carbocycles. The second kappa shape index (κ2) is 8.17. The summed E-state index contributed by atoms with van der Waals surface area (Å²) in [5.74, 6) is 0. The molecule has 4 heteroatoms. The maximum absolute atomic E-state index is 6.36. The number of fused-ring (bicyclic) bond motifs is 1. The Morgan fingerprint density at radius 1 is 0.545 bits per heavy atom. The zero-order chi connectivity index (χ0) is 22.0. The second-order valence-corrected chi connectivity index (χ2v) is 7.81. The maximum Gasteiger partial charge on any atom is 0.318 e. The first-order chi connectivity index (χ1) is 16.4. The molecular formula is C29H21N3O. The van der Waals surface area contributed by atoms with Crippen molar-refractivity contribution in [3.05, 3.63) is 121 Å². The highest BCUT2D eigenvalue weighted by Gasteiger charge is 2.26. The minimum Gasteiger partial charge on any atom is -0.405 e. The van der Waals surface area contributed by atoms with Gasteiger partial charge < -0.3 is 9.73 Å². The van der Waals surface area contributed by atoms with Gasteiger partial charge in [0, 0.05) is 16.8 Å². The van der Waals surface area contributed by atoms with E-state index >= 15 is 0 Å². The highest BCUT2D eigenvalue weighted by Crippen LogP contribution is 2.45. The summed E-state index contributed by atoms with van der Waals surface area (Å²) in [5, 5.41) is 8.15. The van der Waals surface area contributed by atoms with E-state index in [2.05, 4.69) is 78.1 Å². The molecule has 4 nitrogen and oxygen atoms in total. The number of nitrogens with one attached hydrogen (secondary N) is 1. The Morgan fingerprint density at radius 2 is 1.03 bits per heavy atom. The molecule has 0 atom stereocenters. The fourth-order valence-corrected chi connectivity index (χ4v) is 4.25. The number of aromatic nitrogens is 2. The van der Waals surface area contributed by atoms with Crippen LogP contribution >= 0.6 is 0 Å². The van der Waals surface area contributed by atoms with Crippen LogP contribution in [0.4, 0.5) is 11.7 Å². The molecular weight excluding hydrogens is 406 g/mol. The lowest BCUT2D eigenvalue weighted by atomic mass is 9.94. The van der Waals surface area contributed by atoms with Crippen LogP contribution in [0.5, 0.6) is 0 Å². The fraction of sp³-hybridized carbons (Fsp3) is 0. The molecule has 0 unspecified atom stereocenters. The van der Waals surface area contributed by atoms with Gasteiger partial charge in [-0.15, -0.1) is 5.10 Å². The molecule has 0 spiro atoms. The molecule has 0 aliphatic heterocycles. The largest absolute Gasteiger partial charge is 0.405 e. The lowest BCUT2D eigenvalue weighted by molar-refractivity contribution is 0.622. The van der Waals surface area contributed by atoms with Crippen molar-refractivity contribution in [1.82, 2.24) is 9.61 Å². The molecule has 6 rings (SSSR count). The smallest absolute Gasteiger partial charge is 0.318 e. The van der Waals surface area contributed by atoms with Crippen molar-refractivity contribution in [3.63, 3.8) is 0 Å². The highest BCUT2D eigenvalue weighted by molar-refractivity contribution is 6.01. The number of hydrogen-bond donors (Lipinski definition) is 1. The van der Waals surface area contributed by atoms with Crippen LogP contribution in [0.3, 0.4) is 0 Å².